The summed E-state index contributed by atoms with van der Waals surface area (Å²) in [6, 6.07) is 76.4. The van der Waals surface area contributed by atoms with Crippen LogP contribution in [-0.4, -0.2) is 187 Å². The van der Waals surface area contributed by atoms with Crippen LogP contribution >= 0.6 is 0 Å². The van der Waals surface area contributed by atoms with E-state index in [1.54, 1.807) is 76.0 Å². The van der Waals surface area contributed by atoms with Gasteiger partial charge in [0.25, 0.3) is 0 Å². The van der Waals surface area contributed by atoms with Crippen molar-refractivity contribution in [1.82, 2.24) is 80.0 Å². The van der Waals surface area contributed by atoms with E-state index in [1.165, 1.54) is 11.1 Å². The molecule has 8 aromatic carbocycles. The number of amides is 8. The summed E-state index contributed by atoms with van der Waals surface area (Å²) in [7, 11) is 12.2. The van der Waals surface area contributed by atoms with Crippen LogP contribution in [0.2, 0.25) is 0 Å². The summed E-state index contributed by atoms with van der Waals surface area (Å²) in [5.41, 5.74) is 14.7. The monoisotopic (exact) mass is 1970 g/mol. The van der Waals surface area contributed by atoms with Crippen molar-refractivity contribution < 1.29 is 56.4 Å². The van der Waals surface area contributed by atoms with E-state index in [4.69, 9.17) is 33.9 Å². The van der Waals surface area contributed by atoms with Crippen LogP contribution in [0.1, 0.15) is 157 Å². The van der Waals surface area contributed by atoms with E-state index in [-0.39, 0.29) is 65.7 Å². The number of carbonyl (C=O) groups is 5. The molecule has 4 aliphatic carbocycles. The molecule has 760 valence electrons. The molecule has 8 N–H and O–H groups in total. The summed E-state index contributed by atoms with van der Waals surface area (Å²) in [4.78, 5) is 65.0. The van der Waals surface area contributed by atoms with Gasteiger partial charge in [-0.3, -0.25) is 40.1 Å². The predicted octanol–water partition coefficient (Wildman–Crippen LogP) is 21.2. The lowest BCUT2D eigenvalue weighted by molar-refractivity contribution is 0.0988. The van der Waals surface area contributed by atoms with Crippen molar-refractivity contribution in [1.29, 1.82) is 0 Å². The van der Waals surface area contributed by atoms with Crippen LogP contribution in [0.3, 0.4) is 0 Å². The maximum Gasteiger partial charge on any atom is 0.320 e. The van der Waals surface area contributed by atoms with E-state index < -0.39 is 36.2 Å². The Morgan fingerprint density at radius 3 is 1.10 bits per heavy atom. The number of nitrogens with one attached hydrogen (secondary N) is 8. The topological polar surface area (TPSA) is 335 Å². The highest BCUT2D eigenvalue weighted by atomic mass is 19.1. The minimum atomic E-state index is -1.08. The molecule has 0 saturated heterocycles. The molecular formula is C113H134F2N20O10. The molecule has 0 unspecified atom stereocenters. The number of halogens is 2. The third-order valence-electron chi connectivity index (χ3n) is 28.0. The molecule has 4 aliphatic rings. The Hall–Kier alpha value is -14.7. The van der Waals surface area contributed by atoms with Crippen molar-refractivity contribution in [2.24, 2.45) is 44.8 Å². The molecule has 145 heavy (non-hydrogen) atoms. The van der Waals surface area contributed by atoms with Crippen molar-refractivity contribution in [3.05, 3.63) is 312 Å². The Kier molecular flexibility index (Phi) is 36.4. The van der Waals surface area contributed by atoms with E-state index in [9.17, 15) is 24.0 Å². The van der Waals surface area contributed by atoms with E-state index in [0.717, 1.165) is 130 Å². The molecule has 14 aromatic rings. The fourth-order valence-electron chi connectivity index (χ4n) is 20.7. The van der Waals surface area contributed by atoms with Crippen molar-refractivity contribution in [2.75, 3.05) is 82.7 Å². The second-order valence-corrected chi connectivity index (χ2v) is 37.7. The first-order chi connectivity index (χ1) is 70.5. The highest BCUT2D eigenvalue weighted by Crippen LogP contribution is 2.47. The van der Waals surface area contributed by atoms with E-state index in [1.807, 2.05) is 255 Å². The zero-order valence-corrected chi connectivity index (χ0v) is 84.5. The molecule has 0 radical (unpaired) electrons. The Morgan fingerprint density at radius 2 is 0.738 bits per heavy atom. The number of aryl methyl sites for hydroxylation is 3. The maximum absolute atomic E-state index is 15.7. The van der Waals surface area contributed by atoms with Crippen molar-refractivity contribution in [3.8, 4) is 56.7 Å². The predicted molar refractivity (Wildman–Crippen MR) is 562 cm³/mol. The molecule has 0 spiro atoms. The van der Waals surface area contributed by atoms with Crippen molar-refractivity contribution in [3.63, 3.8) is 0 Å². The Morgan fingerprint density at radius 1 is 0.386 bits per heavy atom. The number of para-hydroxylation sites is 3. The number of benzene rings is 8. The number of rotatable bonds is 34. The normalized spacial score (nSPS) is 20.3. The van der Waals surface area contributed by atoms with Crippen molar-refractivity contribution in [2.45, 2.75) is 165 Å². The van der Waals surface area contributed by atoms with Crippen LogP contribution in [0.25, 0.3) is 50.8 Å². The summed E-state index contributed by atoms with van der Waals surface area (Å²) < 4.78 is 68.4. The van der Waals surface area contributed by atoms with Crippen LogP contribution in [-0.2, 0) is 40.1 Å². The van der Waals surface area contributed by atoms with Crippen LogP contribution in [0.15, 0.2) is 267 Å². The minimum absolute atomic E-state index is 0.0454. The van der Waals surface area contributed by atoms with Crippen LogP contribution < -0.4 is 47.3 Å². The van der Waals surface area contributed by atoms with Gasteiger partial charge >= 0.3 is 24.1 Å². The molecule has 0 bridgehead atoms. The summed E-state index contributed by atoms with van der Waals surface area (Å²) in [5.74, 6) is 3.25. The first-order valence-electron chi connectivity index (χ1n) is 50.0. The highest BCUT2D eigenvalue weighted by Gasteiger charge is 2.47. The molecule has 8 amide bonds. The Labute approximate surface area is 846 Å². The molecule has 14 atom stereocenters. The molecule has 6 aromatic heterocycles. The average molecular weight is 1970 g/mol. The van der Waals surface area contributed by atoms with Gasteiger partial charge in [0, 0.05) is 182 Å². The van der Waals surface area contributed by atoms with Crippen LogP contribution in [0.4, 0.5) is 51.2 Å². The highest BCUT2D eigenvalue weighted by molar-refractivity contribution is 5.97. The standard InChI is InChI=1S/2C29H33FN6O2.C28H34N4O3.C27H34N4O3/c2*1-19-27(22-17-31-35(2)18-22)34-36(23-12-8-5-9-13-23)28(19)33-29(37)32-24-16-21(14-15-38-3)26(30)25(24)20-10-6-4-7-11-20;1-4-26(33)22-12-10-21(11-13-22)24-18-27(32(2)31-24)30-28(34)29-25-17-19(14-15-35-3)16-23(25)20-8-6-5-7-9-20;1-4-34-26-19(2)25(31(30-26)22-13-9-6-10-14-22)29-27(32)28-24-18-20(15-16-33-3)17-23(24)21-11-7-5-8-12-21/h2*4-13,17-18,21,24-26H,14-16H2,1-3H3,(H2,32,33,37);5-13,18-19,23,25H,4,14-17H2,1-3H3,(H2,29,30,34);5-14,20,23-24H,4,15-18H2,1-3H3,(H2,28,29,32)/t21-,24-,25+,26+;21-,24-,25+,26-;19-,23-,25+;20-,23-,24+/m1100/s1. The van der Waals surface area contributed by atoms with Gasteiger partial charge in [0.1, 0.15) is 47.0 Å². The van der Waals surface area contributed by atoms with Gasteiger partial charge in [0.2, 0.25) is 5.88 Å². The second-order valence-electron chi connectivity index (χ2n) is 37.7. The first kappa shape index (κ1) is 105. The maximum atomic E-state index is 15.7. The molecule has 0 aliphatic heterocycles. The SMILES string of the molecule is CCC(=O)c1ccc(-c2cc(NC(=O)N[C@@H]3C[C@@H](CCOC)C[C@H]3c3ccccc3)n(C)n2)cc1.CCOc1nn(-c2ccccc2)c(NC(=O)N[C@@H]2C[C@@H](CCOC)C[C@H]2c2ccccc2)c1C.COCC[C@@H]1C[C@@H](NC(=O)Nc2c(C)c(-c3cnn(C)c3)nn2-c2ccccc2)[C@H](c2ccccc2)[C@@H]1F.COCC[C@@H]1C[C@@H](NC(=O)Nc2c(C)c(-c3cnn(C)c3)nn2-c2ccccc2)[C@H](c2ccccc2)[C@H]1F. The van der Waals surface area contributed by atoms with Crippen LogP contribution in [0.5, 0.6) is 5.88 Å². The lowest BCUT2D eigenvalue weighted by Gasteiger charge is -2.23. The number of Topliss-reactive ketones (excluding diaryl/α,β-unsaturated/α-hetero) is 1. The van der Waals surface area contributed by atoms with Gasteiger partial charge in [-0.2, -0.15) is 25.5 Å². The number of nitrogens with zero attached hydrogens (tertiary/aromatic N) is 12. The molecule has 32 heteroatoms. The van der Waals surface area contributed by atoms with Crippen molar-refractivity contribution >= 4 is 53.2 Å². The molecular weight excluding hydrogens is 1840 g/mol. The quantitative estimate of drug-likeness (QED) is 0.0174. The molecule has 30 nitrogen and oxygen atoms in total. The van der Waals surface area contributed by atoms with E-state index in [2.05, 4.69) is 111 Å². The number of carbonyl (C=O) groups excluding carboxylic acids is 5. The zero-order chi connectivity index (χ0) is 102. The Bertz CT molecular complexity index is 6300. The van der Waals surface area contributed by atoms with Gasteiger partial charge in [0.05, 0.1) is 47.3 Å². The second kappa shape index (κ2) is 50.5. The third-order valence-corrected chi connectivity index (χ3v) is 28.0. The summed E-state index contributed by atoms with van der Waals surface area (Å²) in [5, 5.41) is 52.0. The van der Waals surface area contributed by atoms with Gasteiger partial charge in [-0.05, 0) is 174 Å². The zero-order valence-electron chi connectivity index (χ0n) is 84.5. The Balaban J connectivity index is 0.000000145. The summed E-state index contributed by atoms with van der Waals surface area (Å²) in [6.45, 7) is 12.5. The molecule has 18 rings (SSSR count). The van der Waals surface area contributed by atoms with Gasteiger partial charge in [0.15, 0.2) is 5.78 Å². The molecule has 4 saturated carbocycles. The van der Waals surface area contributed by atoms with Gasteiger partial charge in [-0.1, -0.05) is 207 Å². The number of hydrogen-bond acceptors (Lipinski definition) is 16. The fraction of sp³-hybridized carbons (Fsp3) is 0.372. The largest absolute Gasteiger partial charge is 0.477 e. The van der Waals surface area contributed by atoms with E-state index >= 15 is 8.78 Å². The van der Waals surface area contributed by atoms with E-state index in [0.29, 0.717) is 98.5 Å². The van der Waals surface area contributed by atoms with Gasteiger partial charge < -0.3 is 45.0 Å². The fourth-order valence-corrected chi connectivity index (χ4v) is 20.7. The molecule has 4 fully saturated rings. The number of hydrogen-bond donors (Lipinski definition) is 8. The number of urea groups is 4. The smallest absolute Gasteiger partial charge is 0.320 e. The number of ketones is 1. The van der Waals surface area contributed by atoms with Gasteiger partial charge in [-0.25, -0.2) is 42.0 Å². The van der Waals surface area contributed by atoms with Gasteiger partial charge in [-0.15, -0.1) is 5.10 Å². The lowest BCUT2D eigenvalue weighted by atomic mass is 9.91. The number of anilines is 4. The molecule has 6 heterocycles. The number of ether oxygens (including phenoxy) is 5. The lowest BCUT2D eigenvalue weighted by Crippen LogP contribution is -2.40. The third kappa shape index (κ3) is 26.3. The number of aromatic nitrogens is 12. The summed E-state index contributed by atoms with van der Waals surface area (Å²) >= 11 is 0. The average Bonchev–Trinajstić information content (AvgIpc) is 1.63. The first-order valence-corrected chi connectivity index (χ1v) is 50.0. The van der Waals surface area contributed by atoms with Crippen LogP contribution in [0, 0.1) is 44.4 Å². The summed E-state index contributed by atoms with van der Waals surface area (Å²) in [6.07, 6.45) is 13.8. The number of methoxy groups -OCH3 is 4. The number of alkyl halides is 2. The minimum Gasteiger partial charge on any atom is -0.477 e.